The van der Waals surface area contributed by atoms with Crippen LogP contribution in [0.1, 0.15) is 59.2 Å². The molecule has 0 bridgehead atoms. The van der Waals surface area contributed by atoms with Gasteiger partial charge in [-0.15, -0.1) is 0 Å². The van der Waals surface area contributed by atoms with Crippen molar-refractivity contribution in [3.63, 3.8) is 0 Å². The molecule has 0 aliphatic carbocycles. The van der Waals surface area contributed by atoms with Gasteiger partial charge in [-0.1, -0.05) is 0 Å². The highest BCUT2D eigenvalue weighted by Gasteiger charge is 2.16. The minimum atomic E-state index is -1.34. The van der Waals surface area contributed by atoms with Crippen molar-refractivity contribution >= 4 is 23.9 Å². The van der Waals surface area contributed by atoms with Crippen molar-refractivity contribution in [1.29, 1.82) is 0 Å². The number of unbranched alkanes of at least 4 members (excludes halogenated alkanes) is 1. The fourth-order valence-corrected chi connectivity index (χ4v) is 2.02. The normalized spacial score (nSPS) is 11.5. The second-order valence-electron chi connectivity index (χ2n) is 5.67. The van der Waals surface area contributed by atoms with E-state index in [-0.39, 0.29) is 43.4 Å². The summed E-state index contributed by atoms with van der Waals surface area (Å²) in [6.45, 7) is -0.135. The predicted molar refractivity (Wildman–Crippen MR) is 90.7 cm³/mol. The summed E-state index contributed by atoms with van der Waals surface area (Å²) >= 11 is 0. The van der Waals surface area contributed by atoms with Crippen LogP contribution in [0.2, 0.25) is 0 Å². The number of aliphatic hydroxyl groups excluding tert-OH is 2. The van der Waals surface area contributed by atoms with Gasteiger partial charge in [-0.2, -0.15) is 0 Å². The highest BCUT2D eigenvalue weighted by atomic mass is 16.6. The number of rotatable bonds is 11. The van der Waals surface area contributed by atoms with E-state index in [1.165, 1.54) is 24.3 Å². The van der Waals surface area contributed by atoms with E-state index < -0.39 is 30.2 Å². The first kappa shape index (κ1) is 22.3. The number of benzene rings is 1. The Bertz CT molecular complexity index is 651. The molecule has 0 spiro atoms. The number of hydrogen-bond acceptors (Lipinski definition) is 8. The fraction of sp³-hybridized carbons (Fsp3) is 0.444. The lowest BCUT2D eigenvalue weighted by molar-refractivity contribution is -0.139. The van der Waals surface area contributed by atoms with E-state index in [1.54, 1.807) is 0 Å². The molecule has 0 amide bonds. The van der Waals surface area contributed by atoms with Crippen molar-refractivity contribution in [3.05, 3.63) is 35.4 Å². The van der Waals surface area contributed by atoms with Crippen LogP contribution in [0.15, 0.2) is 24.3 Å². The Balaban J connectivity index is 2.47. The smallest absolute Gasteiger partial charge is 0.345 e. The zero-order chi connectivity index (χ0) is 20.2. The summed E-state index contributed by atoms with van der Waals surface area (Å²) in [5.74, 6) is -3.41. The van der Waals surface area contributed by atoms with Crippen LogP contribution in [0.3, 0.4) is 0 Å². The zero-order valence-electron chi connectivity index (χ0n) is 14.6. The summed E-state index contributed by atoms with van der Waals surface area (Å²) in [4.78, 5) is 45.6. The molecule has 0 saturated carbocycles. The van der Waals surface area contributed by atoms with Crippen LogP contribution in [0, 0.1) is 0 Å². The lowest BCUT2D eigenvalue weighted by Crippen LogP contribution is -2.18. The molecule has 3 N–H and O–H groups in total. The topological polar surface area (TPSA) is 147 Å². The van der Waals surface area contributed by atoms with Gasteiger partial charge in [0.25, 0.3) is 0 Å². The second kappa shape index (κ2) is 11.8. The first-order valence-corrected chi connectivity index (χ1v) is 8.40. The average molecular weight is 382 g/mol. The van der Waals surface area contributed by atoms with Crippen molar-refractivity contribution < 1.29 is 44.0 Å². The highest BCUT2D eigenvalue weighted by Crippen LogP contribution is 2.11. The van der Waals surface area contributed by atoms with Crippen LogP contribution in [-0.2, 0) is 19.1 Å². The zero-order valence-corrected chi connectivity index (χ0v) is 14.6. The Labute approximate surface area is 155 Å². The molecule has 0 aliphatic rings. The number of carbonyl (C=O) groups excluding carboxylic acids is 3. The van der Waals surface area contributed by atoms with Crippen LogP contribution < -0.4 is 0 Å². The van der Waals surface area contributed by atoms with Crippen molar-refractivity contribution in [2.45, 2.75) is 44.8 Å². The van der Waals surface area contributed by atoms with E-state index in [0.717, 1.165) is 0 Å². The third-order valence-electron chi connectivity index (χ3n) is 3.44. The van der Waals surface area contributed by atoms with E-state index in [2.05, 4.69) is 4.74 Å². The molecule has 0 radical (unpaired) electrons. The molecule has 1 atom stereocenters. The summed E-state index contributed by atoms with van der Waals surface area (Å²) in [7, 11) is 0. The van der Waals surface area contributed by atoms with Gasteiger partial charge in [0.15, 0.2) is 0 Å². The molecule has 148 valence electrons. The highest BCUT2D eigenvalue weighted by molar-refractivity contribution is 5.98. The Kier molecular flexibility index (Phi) is 9.70. The molecule has 0 fully saturated rings. The summed E-state index contributed by atoms with van der Waals surface area (Å²) in [5, 5.41) is 26.6. The Hall–Kier alpha value is -2.78. The number of ether oxygens (including phenoxy) is 2. The first-order valence-electron chi connectivity index (χ1n) is 8.40. The van der Waals surface area contributed by atoms with Gasteiger partial charge in [-0.05, 0) is 43.5 Å². The van der Waals surface area contributed by atoms with Gasteiger partial charge >= 0.3 is 23.9 Å². The Morgan fingerprint density at radius 2 is 1.44 bits per heavy atom. The quantitative estimate of drug-likeness (QED) is 0.223. The maximum absolute atomic E-state index is 11.9. The molecular formula is C18H22O9. The third kappa shape index (κ3) is 8.93. The maximum atomic E-state index is 11.9. The van der Waals surface area contributed by atoms with Crippen molar-refractivity contribution in [1.82, 2.24) is 0 Å². The second-order valence-corrected chi connectivity index (χ2v) is 5.67. The van der Waals surface area contributed by atoms with Crippen LogP contribution in [0.5, 0.6) is 0 Å². The molecule has 0 saturated heterocycles. The number of carbonyl (C=O) groups is 4. The Morgan fingerprint density at radius 3 is 2.00 bits per heavy atom. The SMILES string of the molecule is O=C(O)CCCCC(=O)OC(=O)c1ccc(C(=O)OC(O)CCCO)cc1. The van der Waals surface area contributed by atoms with Gasteiger partial charge in [0, 0.05) is 25.9 Å². The predicted octanol–water partition coefficient (Wildman–Crippen LogP) is 1.26. The first-order chi connectivity index (χ1) is 12.8. The molecule has 1 rings (SSSR count). The molecule has 0 heterocycles. The number of carboxylic acid groups (broad SMARTS) is 1. The van der Waals surface area contributed by atoms with Gasteiger partial charge in [0.2, 0.25) is 6.29 Å². The fourth-order valence-electron chi connectivity index (χ4n) is 2.02. The lowest BCUT2D eigenvalue weighted by Gasteiger charge is -2.11. The number of aliphatic hydroxyl groups is 2. The van der Waals surface area contributed by atoms with Crippen LogP contribution in [0.4, 0.5) is 0 Å². The molecule has 1 unspecified atom stereocenters. The molecular weight excluding hydrogens is 360 g/mol. The number of aliphatic carboxylic acids is 1. The van der Waals surface area contributed by atoms with Gasteiger partial charge in [0.1, 0.15) is 0 Å². The van der Waals surface area contributed by atoms with E-state index >= 15 is 0 Å². The van der Waals surface area contributed by atoms with Crippen molar-refractivity contribution in [2.75, 3.05) is 6.61 Å². The van der Waals surface area contributed by atoms with Crippen LogP contribution in [0.25, 0.3) is 0 Å². The van der Waals surface area contributed by atoms with E-state index in [1.807, 2.05) is 0 Å². The molecule has 9 heteroatoms. The van der Waals surface area contributed by atoms with E-state index in [0.29, 0.717) is 12.8 Å². The molecule has 0 aliphatic heterocycles. The number of hydrogen-bond donors (Lipinski definition) is 3. The summed E-state index contributed by atoms with van der Waals surface area (Å²) in [6, 6.07) is 5.12. The van der Waals surface area contributed by atoms with Crippen LogP contribution in [-0.4, -0.2) is 52.1 Å². The van der Waals surface area contributed by atoms with Crippen molar-refractivity contribution in [2.24, 2.45) is 0 Å². The Morgan fingerprint density at radius 1 is 0.889 bits per heavy atom. The molecule has 9 nitrogen and oxygen atoms in total. The lowest BCUT2D eigenvalue weighted by atomic mass is 10.1. The maximum Gasteiger partial charge on any atom is 0.345 e. The van der Waals surface area contributed by atoms with Gasteiger partial charge < -0.3 is 24.8 Å². The summed E-state index contributed by atoms with van der Waals surface area (Å²) < 4.78 is 9.42. The van der Waals surface area contributed by atoms with Gasteiger partial charge in [-0.25, -0.2) is 9.59 Å². The summed E-state index contributed by atoms with van der Waals surface area (Å²) in [6.07, 6.45) is -0.498. The van der Waals surface area contributed by atoms with Gasteiger partial charge in [0.05, 0.1) is 11.1 Å². The van der Waals surface area contributed by atoms with Crippen LogP contribution >= 0.6 is 0 Å². The standard InChI is InChI=1S/C18H22O9/c19-11-3-6-16(23)27-18(25)13-9-7-12(8-10-13)17(24)26-15(22)5-2-1-4-14(20)21/h7-10,16,19,23H,1-6,11H2,(H,20,21). The molecule has 0 aromatic heterocycles. The largest absolute Gasteiger partial charge is 0.481 e. The van der Waals surface area contributed by atoms with E-state index in [9.17, 15) is 24.3 Å². The molecule has 1 aromatic carbocycles. The minimum absolute atomic E-state index is 0.0475. The van der Waals surface area contributed by atoms with Crippen molar-refractivity contribution in [3.8, 4) is 0 Å². The molecule has 1 aromatic rings. The molecule has 27 heavy (non-hydrogen) atoms. The third-order valence-corrected chi connectivity index (χ3v) is 3.44. The summed E-state index contributed by atoms with van der Waals surface area (Å²) in [5.41, 5.74) is 0.140. The average Bonchev–Trinajstić information content (AvgIpc) is 2.63. The monoisotopic (exact) mass is 382 g/mol. The number of esters is 3. The van der Waals surface area contributed by atoms with E-state index in [4.69, 9.17) is 14.9 Å². The number of carboxylic acids is 1. The minimum Gasteiger partial charge on any atom is -0.481 e. The van der Waals surface area contributed by atoms with Gasteiger partial charge in [-0.3, -0.25) is 9.59 Å².